The average Bonchev–Trinajstić information content (AvgIpc) is 2.23. The third kappa shape index (κ3) is 8.91. The predicted molar refractivity (Wildman–Crippen MR) is 67.3 cm³/mol. The molecule has 0 bridgehead atoms. The first-order valence-electron chi connectivity index (χ1n) is 6.03. The molecular weight excluding hydrogens is 256 g/mol. The van der Waals surface area contributed by atoms with Gasteiger partial charge in [0.05, 0.1) is 6.61 Å². The molecule has 0 saturated carbocycles. The van der Waals surface area contributed by atoms with Crippen LogP contribution in [0.4, 0.5) is 0 Å². The summed E-state index contributed by atoms with van der Waals surface area (Å²) in [5.74, 6) is -0.119. The second kappa shape index (κ2) is 10.5. The van der Waals surface area contributed by atoms with Crippen LogP contribution in [0, 0.1) is 0 Å². The van der Waals surface area contributed by atoms with E-state index in [0.29, 0.717) is 6.61 Å². The minimum Gasteiger partial charge on any atom is -0.465 e. The van der Waals surface area contributed by atoms with Gasteiger partial charge in [0, 0.05) is 0 Å². The van der Waals surface area contributed by atoms with Crippen molar-refractivity contribution in [2.45, 2.75) is 63.6 Å². The molecule has 0 spiro atoms. The zero-order valence-electron chi connectivity index (χ0n) is 9.93. The molecule has 0 rings (SSSR count). The number of hydrogen-bond acceptors (Lipinski definition) is 2. The van der Waals surface area contributed by atoms with Crippen LogP contribution in [-0.2, 0) is 9.53 Å². The van der Waals surface area contributed by atoms with Crippen molar-refractivity contribution in [3.8, 4) is 0 Å². The second-order valence-electron chi connectivity index (χ2n) is 3.78. The van der Waals surface area contributed by atoms with Gasteiger partial charge in [0.1, 0.15) is 4.83 Å². The van der Waals surface area contributed by atoms with Crippen LogP contribution in [0.25, 0.3) is 0 Å². The molecule has 0 aliphatic carbocycles. The lowest BCUT2D eigenvalue weighted by Gasteiger charge is -2.08. The number of halogens is 1. The van der Waals surface area contributed by atoms with E-state index in [0.717, 1.165) is 12.8 Å². The Kier molecular flexibility index (Phi) is 10.4. The maximum absolute atomic E-state index is 11.2. The quantitative estimate of drug-likeness (QED) is 0.361. The molecule has 0 saturated heterocycles. The lowest BCUT2D eigenvalue weighted by Crippen LogP contribution is -2.17. The third-order valence-electron chi connectivity index (χ3n) is 2.35. The monoisotopic (exact) mass is 278 g/mol. The molecule has 2 nitrogen and oxygen atoms in total. The van der Waals surface area contributed by atoms with Crippen LogP contribution in [0.3, 0.4) is 0 Å². The van der Waals surface area contributed by atoms with Crippen molar-refractivity contribution in [1.29, 1.82) is 0 Å². The molecule has 0 fully saturated rings. The van der Waals surface area contributed by atoms with E-state index in [9.17, 15) is 4.79 Å². The largest absolute Gasteiger partial charge is 0.465 e. The topological polar surface area (TPSA) is 26.3 Å². The van der Waals surface area contributed by atoms with E-state index in [2.05, 4.69) is 22.9 Å². The number of ether oxygens (including phenoxy) is 1. The number of esters is 1. The minimum atomic E-state index is -0.119. The summed E-state index contributed by atoms with van der Waals surface area (Å²) in [6.07, 6.45) is 8.45. The molecule has 0 aromatic rings. The van der Waals surface area contributed by atoms with Gasteiger partial charge in [-0.2, -0.15) is 0 Å². The van der Waals surface area contributed by atoms with Gasteiger partial charge in [0.15, 0.2) is 0 Å². The Hall–Kier alpha value is -0.0500. The van der Waals surface area contributed by atoms with Gasteiger partial charge >= 0.3 is 5.97 Å². The van der Waals surface area contributed by atoms with E-state index in [1.54, 1.807) is 0 Å². The van der Waals surface area contributed by atoms with E-state index in [-0.39, 0.29) is 10.8 Å². The maximum Gasteiger partial charge on any atom is 0.319 e. The highest BCUT2D eigenvalue weighted by atomic mass is 79.9. The molecule has 0 aromatic heterocycles. The van der Waals surface area contributed by atoms with Crippen LogP contribution < -0.4 is 0 Å². The fourth-order valence-corrected chi connectivity index (χ4v) is 1.91. The Morgan fingerprint density at radius 2 is 1.73 bits per heavy atom. The van der Waals surface area contributed by atoms with Crippen LogP contribution >= 0.6 is 15.9 Å². The zero-order chi connectivity index (χ0) is 11.5. The normalized spacial score (nSPS) is 12.5. The van der Waals surface area contributed by atoms with Crippen molar-refractivity contribution in [3.05, 3.63) is 0 Å². The number of unbranched alkanes of at least 4 members (excludes halogenated alkanes) is 5. The summed E-state index contributed by atoms with van der Waals surface area (Å²) in [7, 11) is 0. The highest BCUT2D eigenvalue weighted by Gasteiger charge is 2.14. The van der Waals surface area contributed by atoms with Crippen molar-refractivity contribution >= 4 is 21.9 Å². The van der Waals surface area contributed by atoms with E-state index in [4.69, 9.17) is 4.74 Å². The van der Waals surface area contributed by atoms with Gasteiger partial charge in [-0.15, -0.1) is 0 Å². The van der Waals surface area contributed by atoms with Crippen molar-refractivity contribution in [2.24, 2.45) is 0 Å². The molecule has 0 heterocycles. The molecular formula is C12H23BrO2. The minimum absolute atomic E-state index is 0.108. The molecule has 1 unspecified atom stereocenters. The van der Waals surface area contributed by atoms with E-state index < -0.39 is 0 Å². The Labute approximate surface area is 102 Å². The van der Waals surface area contributed by atoms with Crippen molar-refractivity contribution in [1.82, 2.24) is 0 Å². The first kappa shape index (κ1) is 14.9. The predicted octanol–water partition coefficient (Wildman–Crippen LogP) is 4.06. The van der Waals surface area contributed by atoms with Crippen molar-refractivity contribution < 1.29 is 9.53 Å². The Morgan fingerprint density at radius 3 is 2.33 bits per heavy atom. The van der Waals surface area contributed by atoms with Crippen LogP contribution in [0.5, 0.6) is 0 Å². The van der Waals surface area contributed by atoms with E-state index >= 15 is 0 Å². The zero-order valence-corrected chi connectivity index (χ0v) is 11.5. The van der Waals surface area contributed by atoms with Gasteiger partial charge in [-0.25, -0.2) is 0 Å². The Bertz CT molecular complexity index is 160. The molecule has 0 aliphatic rings. The van der Waals surface area contributed by atoms with Crippen molar-refractivity contribution in [3.63, 3.8) is 0 Å². The van der Waals surface area contributed by atoms with Crippen LogP contribution in [-0.4, -0.2) is 17.4 Å². The molecule has 15 heavy (non-hydrogen) atoms. The standard InChI is InChI=1S/C12H23BrO2/c1-3-5-6-7-8-9-10-11(13)12(14)15-4-2/h11H,3-10H2,1-2H3. The van der Waals surface area contributed by atoms with Crippen molar-refractivity contribution in [2.75, 3.05) is 6.61 Å². The molecule has 0 amide bonds. The number of carbonyl (C=O) groups is 1. The molecule has 0 aromatic carbocycles. The van der Waals surface area contributed by atoms with Gasteiger partial charge in [0.25, 0.3) is 0 Å². The summed E-state index contributed by atoms with van der Waals surface area (Å²) >= 11 is 3.35. The van der Waals surface area contributed by atoms with Crippen LogP contribution in [0.1, 0.15) is 58.8 Å². The van der Waals surface area contributed by atoms with Crippen LogP contribution in [0.2, 0.25) is 0 Å². The first-order valence-corrected chi connectivity index (χ1v) is 6.94. The Balaban J connectivity index is 3.30. The summed E-state index contributed by atoms with van der Waals surface area (Å²) in [5.41, 5.74) is 0. The van der Waals surface area contributed by atoms with Crippen LogP contribution in [0.15, 0.2) is 0 Å². The van der Waals surface area contributed by atoms with E-state index in [1.165, 1.54) is 32.1 Å². The summed E-state index contributed by atoms with van der Waals surface area (Å²) in [5, 5.41) is 0. The Morgan fingerprint density at radius 1 is 1.13 bits per heavy atom. The number of rotatable bonds is 9. The van der Waals surface area contributed by atoms with Gasteiger partial charge in [-0.3, -0.25) is 4.79 Å². The number of hydrogen-bond donors (Lipinski definition) is 0. The molecule has 1 atom stereocenters. The van der Waals surface area contributed by atoms with E-state index in [1.807, 2.05) is 6.92 Å². The summed E-state index contributed by atoms with van der Waals surface area (Å²) in [6, 6.07) is 0. The number of alkyl halides is 1. The summed E-state index contributed by atoms with van der Waals surface area (Å²) in [4.78, 5) is 11.1. The summed E-state index contributed by atoms with van der Waals surface area (Å²) < 4.78 is 4.91. The average molecular weight is 279 g/mol. The second-order valence-corrected chi connectivity index (χ2v) is 4.88. The molecule has 3 heteroatoms. The van der Waals surface area contributed by atoms with Gasteiger partial charge in [0.2, 0.25) is 0 Å². The van der Waals surface area contributed by atoms with Gasteiger partial charge < -0.3 is 4.74 Å². The van der Waals surface area contributed by atoms with Gasteiger partial charge in [-0.1, -0.05) is 61.4 Å². The highest BCUT2D eigenvalue weighted by Crippen LogP contribution is 2.14. The SMILES string of the molecule is CCCCCCCCC(Br)C(=O)OCC. The third-order valence-corrected chi connectivity index (χ3v) is 3.19. The smallest absolute Gasteiger partial charge is 0.319 e. The number of carbonyl (C=O) groups excluding carboxylic acids is 1. The fourth-order valence-electron chi connectivity index (χ4n) is 1.45. The lowest BCUT2D eigenvalue weighted by atomic mass is 10.1. The first-order chi connectivity index (χ1) is 7.22. The fraction of sp³-hybridized carbons (Fsp3) is 0.917. The highest BCUT2D eigenvalue weighted by molar-refractivity contribution is 9.10. The van der Waals surface area contributed by atoms with Gasteiger partial charge in [-0.05, 0) is 13.3 Å². The summed E-state index contributed by atoms with van der Waals surface area (Å²) in [6.45, 7) is 4.52. The maximum atomic E-state index is 11.2. The lowest BCUT2D eigenvalue weighted by molar-refractivity contribution is -0.142. The molecule has 90 valence electrons. The molecule has 0 aliphatic heterocycles. The molecule has 0 N–H and O–H groups in total. The molecule has 0 radical (unpaired) electrons.